The fourth-order valence-electron chi connectivity index (χ4n) is 1.72. The Hall–Kier alpha value is -1.86. The summed E-state index contributed by atoms with van der Waals surface area (Å²) in [6.07, 6.45) is 2.43. The molecule has 0 fully saturated rings. The number of aromatic nitrogens is 2. The highest BCUT2D eigenvalue weighted by Gasteiger charge is 2.11. The lowest BCUT2D eigenvalue weighted by Gasteiger charge is -2.00. The smallest absolute Gasteiger partial charge is 0.269 e. The Morgan fingerprint density at radius 3 is 2.63 bits per heavy atom. The second kappa shape index (κ2) is 5.85. The van der Waals surface area contributed by atoms with Gasteiger partial charge >= 0.3 is 0 Å². The van der Waals surface area contributed by atoms with E-state index in [0.29, 0.717) is 12.1 Å². The summed E-state index contributed by atoms with van der Waals surface area (Å²) < 4.78 is 0. The molecule has 1 heterocycles. The minimum atomic E-state index is -0.427. The Morgan fingerprint density at radius 1 is 1.42 bits per heavy atom. The maximum Gasteiger partial charge on any atom is 0.269 e. The van der Waals surface area contributed by atoms with E-state index in [0.717, 1.165) is 16.4 Å². The van der Waals surface area contributed by atoms with E-state index in [2.05, 4.69) is 9.97 Å². The minimum absolute atomic E-state index is 0.0676. The lowest BCUT2D eigenvalue weighted by atomic mass is 10.1. The summed E-state index contributed by atoms with van der Waals surface area (Å²) in [4.78, 5) is 17.5. The van der Waals surface area contributed by atoms with Gasteiger partial charge in [-0.25, -0.2) is 4.98 Å². The SMILES string of the molecule is CSc1nc(Cc2ccc([N+](=O)[O-])cc2)c(CO)[nH]1. The molecule has 0 saturated carbocycles. The number of nitrogens with one attached hydrogen (secondary N) is 1. The number of imidazole rings is 1. The third-order valence-corrected chi connectivity index (χ3v) is 3.29. The third kappa shape index (κ3) is 3.12. The molecule has 7 heteroatoms. The Morgan fingerprint density at radius 2 is 2.11 bits per heavy atom. The van der Waals surface area contributed by atoms with Gasteiger partial charge in [0.2, 0.25) is 0 Å². The van der Waals surface area contributed by atoms with Crippen LogP contribution in [-0.2, 0) is 13.0 Å². The van der Waals surface area contributed by atoms with Gasteiger partial charge in [0.1, 0.15) is 0 Å². The summed E-state index contributed by atoms with van der Waals surface area (Å²) in [5.74, 6) is 0. The van der Waals surface area contributed by atoms with Crippen LogP contribution in [0.4, 0.5) is 5.69 Å². The van der Waals surface area contributed by atoms with Gasteiger partial charge in [0.05, 0.1) is 22.9 Å². The quantitative estimate of drug-likeness (QED) is 0.497. The maximum atomic E-state index is 10.6. The molecule has 0 radical (unpaired) electrons. The van der Waals surface area contributed by atoms with Crippen LogP contribution in [0.1, 0.15) is 17.0 Å². The molecule has 2 N–H and O–H groups in total. The molecule has 0 aliphatic rings. The standard InChI is InChI=1S/C12H13N3O3S/c1-19-12-13-10(11(7-16)14-12)6-8-2-4-9(5-3-8)15(17)18/h2-5,16H,6-7H2,1H3,(H,13,14). The first-order chi connectivity index (χ1) is 9.13. The van der Waals surface area contributed by atoms with E-state index < -0.39 is 4.92 Å². The molecule has 19 heavy (non-hydrogen) atoms. The van der Waals surface area contributed by atoms with Crippen molar-refractivity contribution in [2.24, 2.45) is 0 Å². The molecule has 1 aromatic heterocycles. The van der Waals surface area contributed by atoms with Crippen molar-refractivity contribution >= 4 is 17.4 Å². The Balaban J connectivity index is 2.20. The monoisotopic (exact) mass is 279 g/mol. The highest BCUT2D eigenvalue weighted by molar-refractivity contribution is 7.98. The molecule has 100 valence electrons. The number of aromatic amines is 1. The highest BCUT2D eigenvalue weighted by atomic mass is 32.2. The van der Waals surface area contributed by atoms with Crippen LogP contribution in [0.25, 0.3) is 0 Å². The number of H-pyrrole nitrogens is 1. The Bertz CT molecular complexity index is 580. The highest BCUT2D eigenvalue weighted by Crippen LogP contribution is 2.19. The van der Waals surface area contributed by atoms with Crippen LogP contribution in [0.2, 0.25) is 0 Å². The van der Waals surface area contributed by atoms with Crippen LogP contribution >= 0.6 is 11.8 Å². The second-order valence-corrected chi connectivity index (χ2v) is 4.72. The van der Waals surface area contributed by atoms with E-state index >= 15 is 0 Å². The van der Waals surface area contributed by atoms with Crippen molar-refractivity contribution < 1.29 is 10.0 Å². The fourth-order valence-corrected chi connectivity index (χ4v) is 2.15. The van der Waals surface area contributed by atoms with Crippen molar-refractivity contribution in [2.75, 3.05) is 6.26 Å². The van der Waals surface area contributed by atoms with Crippen LogP contribution in [0, 0.1) is 10.1 Å². The number of nitro benzene ring substituents is 1. The average Bonchev–Trinajstić information content (AvgIpc) is 2.81. The van der Waals surface area contributed by atoms with Gasteiger partial charge in [-0.2, -0.15) is 0 Å². The number of rotatable bonds is 5. The van der Waals surface area contributed by atoms with E-state index in [9.17, 15) is 15.2 Å². The van der Waals surface area contributed by atoms with Gasteiger partial charge in [-0.3, -0.25) is 10.1 Å². The molecule has 2 rings (SSSR count). The van der Waals surface area contributed by atoms with Crippen molar-refractivity contribution in [3.8, 4) is 0 Å². The zero-order valence-corrected chi connectivity index (χ0v) is 11.1. The zero-order chi connectivity index (χ0) is 13.8. The Labute approximate surface area is 114 Å². The number of aliphatic hydroxyl groups is 1. The van der Waals surface area contributed by atoms with Gasteiger partial charge in [-0.15, -0.1) is 0 Å². The summed E-state index contributed by atoms with van der Waals surface area (Å²) >= 11 is 1.47. The lowest BCUT2D eigenvalue weighted by Crippen LogP contribution is -1.95. The van der Waals surface area contributed by atoms with Gasteiger partial charge in [0.25, 0.3) is 5.69 Å². The number of benzene rings is 1. The number of hydrogen-bond donors (Lipinski definition) is 2. The predicted octanol–water partition coefficient (Wildman–Crippen LogP) is 2.12. The predicted molar refractivity (Wildman–Crippen MR) is 72.2 cm³/mol. The number of nitrogens with zero attached hydrogens (tertiary/aromatic N) is 2. The second-order valence-electron chi connectivity index (χ2n) is 3.93. The fraction of sp³-hybridized carbons (Fsp3) is 0.250. The van der Waals surface area contributed by atoms with Crippen LogP contribution < -0.4 is 0 Å². The largest absolute Gasteiger partial charge is 0.390 e. The molecule has 0 spiro atoms. The topological polar surface area (TPSA) is 92.1 Å². The minimum Gasteiger partial charge on any atom is -0.390 e. The molecule has 1 aromatic carbocycles. The summed E-state index contributed by atoms with van der Waals surface area (Å²) in [7, 11) is 0. The van der Waals surface area contributed by atoms with Crippen molar-refractivity contribution in [1.82, 2.24) is 9.97 Å². The number of thioether (sulfide) groups is 1. The van der Waals surface area contributed by atoms with Gasteiger partial charge < -0.3 is 10.1 Å². The van der Waals surface area contributed by atoms with Crippen molar-refractivity contribution in [2.45, 2.75) is 18.2 Å². The van der Waals surface area contributed by atoms with Crippen LogP contribution in [0.5, 0.6) is 0 Å². The van der Waals surface area contributed by atoms with Gasteiger partial charge in [-0.1, -0.05) is 23.9 Å². The summed E-state index contributed by atoms with van der Waals surface area (Å²) in [6.45, 7) is -0.101. The molecule has 0 bridgehead atoms. The molecule has 6 nitrogen and oxygen atoms in total. The Kier molecular flexibility index (Phi) is 4.18. The first-order valence-electron chi connectivity index (χ1n) is 5.60. The molecule has 0 unspecified atom stereocenters. The lowest BCUT2D eigenvalue weighted by molar-refractivity contribution is -0.384. The molecule has 2 aromatic rings. The van der Waals surface area contributed by atoms with Crippen LogP contribution in [0.3, 0.4) is 0 Å². The van der Waals surface area contributed by atoms with E-state index in [-0.39, 0.29) is 12.3 Å². The summed E-state index contributed by atoms with van der Waals surface area (Å²) in [5, 5.41) is 20.6. The molecule has 0 saturated heterocycles. The van der Waals surface area contributed by atoms with Crippen molar-refractivity contribution in [1.29, 1.82) is 0 Å². The number of non-ortho nitro benzene ring substituents is 1. The molecular formula is C12H13N3O3S. The van der Waals surface area contributed by atoms with Gasteiger partial charge in [-0.05, 0) is 11.8 Å². The van der Waals surface area contributed by atoms with E-state index in [4.69, 9.17) is 0 Å². The molecule has 0 atom stereocenters. The normalized spacial score (nSPS) is 10.6. The molecule has 0 amide bonds. The number of hydrogen-bond acceptors (Lipinski definition) is 5. The average molecular weight is 279 g/mol. The van der Waals surface area contributed by atoms with E-state index in [1.54, 1.807) is 12.1 Å². The zero-order valence-electron chi connectivity index (χ0n) is 10.3. The first-order valence-corrected chi connectivity index (χ1v) is 6.82. The molecule has 0 aliphatic heterocycles. The van der Waals surface area contributed by atoms with Crippen LogP contribution in [0.15, 0.2) is 29.4 Å². The summed E-state index contributed by atoms with van der Waals surface area (Å²) in [6, 6.07) is 6.34. The number of nitro groups is 1. The van der Waals surface area contributed by atoms with Crippen molar-refractivity contribution in [3.63, 3.8) is 0 Å². The van der Waals surface area contributed by atoms with Gasteiger partial charge in [0.15, 0.2) is 5.16 Å². The van der Waals surface area contributed by atoms with Crippen LogP contribution in [-0.4, -0.2) is 26.3 Å². The number of aliphatic hydroxyl groups excluding tert-OH is 1. The van der Waals surface area contributed by atoms with E-state index in [1.807, 2.05) is 6.26 Å². The molecule has 0 aliphatic carbocycles. The van der Waals surface area contributed by atoms with E-state index in [1.165, 1.54) is 23.9 Å². The third-order valence-electron chi connectivity index (χ3n) is 2.71. The molecular weight excluding hydrogens is 266 g/mol. The first kappa shape index (κ1) is 13.6. The summed E-state index contributed by atoms with van der Waals surface area (Å²) in [5.41, 5.74) is 2.43. The maximum absolute atomic E-state index is 10.6. The van der Waals surface area contributed by atoms with Gasteiger partial charge in [0, 0.05) is 18.6 Å². The van der Waals surface area contributed by atoms with Crippen molar-refractivity contribution in [3.05, 3.63) is 51.3 Å².